The van der Waals surface area contributed by atoms with Crippen LogP contribution < -0.4 is 20.1 Å². The van der Waals surface area contributed by atoms with Crippen molar-refractivity contribution in [3.8, 4) is 22.8 Å². The lowest BCUT2D eigenvalue weighted by molar-refractivity contribution is 0.171. The van der Waals surface area contributed by atoms with Crippen molar-refractivity contribution in [2.75, 3.05) is 30.4 Å². The first-order valence-electron chi connectivity index (χ1n) is 9.17. The van der Waals surface area contributed by atoms with Gasteiger partial charge in [-0.2, -0.15) is 4.98 Å². The molecule has 2 N–H and O–H groups in total. The minimum absolute atomic E-state index is 0.534. The Morgan fingerprint density at radius 2 is 1.74 bits per heavy atom. The van der Waals surface area contributed by atoms with Crippen molar-refractivity contribution in [3.63, 3.8) is 0 Å². The van der Waals surface area contributed by atoms with Gasteiger partial charge in [0.2, 0.25) is 5.95 Å². The van der Waals surface area contributed by atoms with Crippen LogP contribution in [0, 0.1) is 0 Å². The van der Waals surface area contributed by atoms with Gasteiger partial charge in [0.1, 0.15) is 19.0 Å². The highest BCUT2D eigenvalue weighted by Crippen LogP contribution is 2.33. The zero-order valence-electron chi connectivity index (χ0n) is 15.2. The number of anilines is 3. The van der Waals surface area contributed by atoms with Gasteiger partial charge in [0.25, 0.3) is 0 Å². The van der Waals surface area contributed by atoms with Crippen LogP contribution >= 0.6 is 0 Å². The van der Waals surface area contributed by atoms with Gasteiger partial charge in [-0.05, 0) is 18.6 Å². The number of benzene rings is 2. The molecule has 0 spiro atoms. The lowest BCUT2D eigenvalue weighted by Crippen LogP contribution is -2.15. The third kappa shape index (κ3) is 4.11. The molecule has 0 aliphatic carbocycles. The van der Waals surface area contributed by atoms with Gasteiger partial charge < -0.3 is 20.1 Å². The molecule has 138 valence electrons. The topological polar surface area (TPSA) is 68.3 Å². The van der Waals surface area contributed by atoms with Crippen LogP contribution in [0.3, 0.4) is 0 Å². The smallest absolute Gasteiger partial charge is 0.229 e. The van der Waals surface area contributed by atoms with Crippen LogP contribution in [0.2, 0.25) is 0 Å². The first kappa shape index (κ1) is 17.1. The summed E-state index contributed by atoms with van der Waals surface area (Å²) in [4.78, 5) is 9.28. The summed E-state index contributed by atoms with van der Waals surface area (Å²) >= 11 is 0. The lowest BCUT2D eigenvalue weighted by Gasteiger charge is -2.19. The summed E-state index contributed by atoms with van der Waals surface area (Å²) in [5.74, 6) is 2.82. The van der Waals surface area contributed by atoms with E-state index in [-0.39, 0.29) is 0 Å². The van der Waals surface area contributed by atoms with Crippen molar-refractivity contribution < 1.29 is 9.47 Å². The van der Waals surface area contributed by atoms with Gasteiger partial charge >= 0.3 is 0 Å². The number of fused-ring (bicyclic) bond motifs is 1. The van der Waals surface area contributed by atoms with Crippen LogP contribution in [0.5, 0.6) is 11.5 Å². The van der Waals surface area contributed by atoms with E-state index in [2.05, 4.69) is 27.5 Å². The van der Waals surface area contributed by atoms with Crippen LogP contribution in [0.25, 0.3) is 11.3 Å². The zero-order chi connectivity index (χ0) is 18.5. The Morgan fingerprint density at radius 1 is 0.926 bits per heavy atom. The van der Waals surface area contributed by atoms with Gasteiger partial charge in [0.05, 0.1) is 5.69 Å². The Morgan fingerprint density at radius 3 is 2.56 bits per heavy atom. The second-order valence-corrected chi connectivity index (χ2v) is 6.24. The van der Waals surface area contributed by atoms with E-state index in [1.165, 1.54) is 0 Å². The molecule has 0 amide bonds. The maximum atomic E-state index is 5.65. The van der Waals surface area contributed by atoms with Gasteiger partial charge in [-0.1, -0.05) is 37.3 Å². The average molecular weight is 362 g/mol. The maximum absolute atomic E-state index is 5.65. The molecule has 0 unspecified atom stereocenters. The molecule has 0 fully saturated rings. The van der Waals surface area contributed by atoms with E-state index in [0.29, 0.717) is 19.2 Å². The summed E-state index contributed by atoms with van der Waals surface area (Å²) in [6.45, 7) is 4.12. The summed E-state index contributed by atoms with van der Waals surface area (Å²) in [7, 11) is 0. The fraction of sp³-hybridized carbons (Fsp3) is 0.238. The van der Waals surface area contributed by atoms with Gasteiger partial charge in [-0.25, -0.2) is 4.98 Å². The highest BCUT2D eigenvalue weighted by Gasteiger charge is 2.13. The van der Waals surface area contributed by atoms with Crippen molar-refractivity contribution in [2.45, 2.75) is 13.3 Å². The summed E-state index contributed by atoms with van der Waals surface area (Å²) in [6, 6.07) is 17.8. The van der Waals surface area contributed by atoms with Gasteiger partial charge in [0.15, 0.2) is 11.5 Å². The number of hydrogen-bond donors (Lipinski definition) is 2. The number of aromatic nitrogens is 2. The number of ether oxygens (including phenoxy) is 2. The molecule has 6 nitrogen and oxygen atoms in total. The number of rotatable bonds is 6. The predicted molar refractivity (Wildman–Crippen MR) is 107 cm³/mol. The second-order valence-electron chi connectivity index (χ2n) is 6.24. The van der Waals surface area contributed by atoms with E-state index >= 15 is 0 Å². The predicted octanol–water partition coefficient (Wildman–Crippen LogP) is 4.48. The fourth-order valence-corrected chi connectivity index (χ4v) is 2.85. The van der Waals surface area contributed by atoms with Crippen molar-refractivity contribution in [1.82, 2.24) is 9.97 Å². The molecule has 0 bridgehead atoms. The molecule has 2 aromatic carbocycles. The standard InChI is InChI=1S/C21H22N4O2/c1-2-10-22-20-14-17(15-6-4-3-5-7-15)24-21(25-20)23-16-8-9-18-19(13-16)27-12-11-26-18/h3-9,13-14H,2,10-12H2,1H3,(H2,22,23,24,25). The molecule has 0 atom stereocenters. The molecule has 4 rings (SSSR count). The summed E-state index contributed by atoms with van der Waals surface area (Å²) < 4.78 is 11.2. The number of nitrogens with zero attached hydrogens (tertiary/aromatic N) is 2. The molecule has 3 aromatic rings. The Kier molecular flexibility index (Phi) is 5.05. The van der Waals surface area contributed by atoms with Gasteiger partial charge in [-0.3, -0.25) is 0 Å². The zero-order valence-corrected chi connectivity index (χ0v) is 15.2. The van der Waals surface area contributed by atoms with E-state index in [0.717, 1.165) is 47.2 Å². The van der Waals surface area contributed by atoms with Crippen molar-refractivity contribution in [2.24, 2.45) is 0 Å². The van der Waals surface area contributed by atoms with Crippen LogP contribution in [-0.2, 0) is 0 Å². The van der Waals surface area contributed by atoms with E-state index in [9.17, 15) is 0 Å². The molecule has 1 aliphatic rings. The molecular weight excluding hydrogens is 340 g/mol. The lowest BCUT2D eigenvalue weighted by atomic mass is 10.1. The summed E-state index contributed by atoms with van der Waals surface area (Å²) in [6.07, 6.45) is 1.02. The van der Waals surface area contributed by atoms with E-state index in [4.69, 9.17) is 9.47 Å². The quantitative estimate of drug-likeness (QED) is 0.674. The van der Waals surface area contributed by atoms with E-state index in [1.807, 2.05) is 54.6 Å². The third-order valence-corrected chi connectivity index (χ3v) is 4.15. The Balaban J connectivity index is 1.64. The minimum Gasteiger partial charge on any atom is -0.486 e. The Hall–Kier alpha value is -3.28. The molecule has 6 heteroatoms. The van der Waals surface area contributed by atoms with Crippen molar-refractivity contribution in [1.29, 1.82) is 0 Å². The Labute approximate surface area is 158 Å². The first-order chi connectivity index (χ1) is 13.3. The number of nitrogens with one attached hydrogen (secondary N) is 2. The molecule has 0 saturated carbocycles. The summed E-state index contributed by atoms with van der Waals surface area (Å²) in [5.41, 5.74) is 2.76. The maximum Gasteiger partial charge on any atom is 0.229 e. The Bertz CT molecular complexity index is 915. The second kappa shape index (κ2) is 7.95. The van der Waals surface area contributed by atoms with Crippen molar-refractivity contribution in [3.05, 3.63) is 54.6 Å². The van der Waals surface area contributed by atoms with E-state index in [1.54, 1.807) is 0 Å². The largest absolute Gasteiger partial charge is 0.486 e. The minimum atomic E-state index is 0.534. The molecule has 0 saturated heterocycles. The monoisotopic (exact) mass is 362 g/mol. The molecule has 0 radical (unpaired) electrons. The molecule has 27 heavy (non-hydrogen) atoms. The highest BCUT2D eigenvalue weighted by molar-refractivity contribution is 5.67. The molecule has 2 heterocycles. The average Bonchev–Trinajstić information content (AvgIpc) is 2.72. The molecule has 1 aliphatic heterocycles. The normalized spacial score (nSPS) is 12.5. The van der Waals surface area contributed by atoms with Gasteiger partial charge in [0, 0.05) is 29.9 Å². The van der Waals surface area contributed by atoms with E-state index < -0.39 is 0 Å². The van der Waals surface area contributed by atoms with Gasteiger partial charge in [-0.15, -0.1) is 0 Å². The molecular formula is C21H22N4O2. The third-order valence-electron chi connectivity index (χ3n) is 4.15. The van der Waals surface area contributed by atoms with Crippen LogP contribution in [0.4, 0.5) is 17.5 Å². The summed E-state index contributed by atoms with van der Waals surface area (Å²) in [5, 5.41) is 6.63. The van der Waals surface area contributed by atoms with Crippen molar-refractivity contribution >= 4 is 17.5 Å². The SMILES string of the molecule is CCCNc1cc(-c2ccccc2)nc(Nc2ccc3c(c2)OCCO3)n1. The van der Waals surface area contributed by atoms with Crippen LogP contribution in [0.1, 0.15) is 13.3 Å². The fourth-order valence-electron chi connectivity index (χ4n) is 2.85. The highest BCUT2D eigenvalue weighted by atomic mass is 16.6. The number of hydrogen-bond acceptors (Lipinski definition) is 6. The first-order valence-corrected chi connectivity index (χ1v) is 9.17. The van der Waals surface area contributed by atoms with Crippen LogP contribution in [0.15, 0.2) is 54.6 Å². The van der Waals surface area contributed by atoms with Crippen LogP contribution in [-0.4, -0.2) is 29.7 Å². The molecule has 1 aromatic heterocycles.